The van der Waals surface area contributed by atoms with Gasteiger partial charge in [-0.2, -0.15) is 4.40 Å². The number of ether oxygens (including phenoxy) is 2. The first-order valence-electron chi connectivity index (χ1n) is 7.18. The van der Waals surface area contributed by atoms with Crippen molar-refractivity contribution in [3.8, 4) is 11.5 Å². The van der Waals surface area contributed by atoms with Crippen LogP contribution < -0.4 is 30.9 Å². The second kappa shape index (κ2) is 6.05. The van der Waals surface area contributed by atoms with Gasteiger partial charge >= 0.3 is 0 Å². The van der Waals surface area contributed by atoms with E-state index in [1.807, 2.05) is 12.1 Å². The molecule has 0 radical (unpaired) electrons. The van der Waals surface area contributed by atoms with Gasteiger partial charge in [-0.25, -0.2) is 0 Å². The Kier molecular flexibility index (Phi) is 4.09. The van der Waals surface area contributed by atoms with E-state index in [2.05, 4.69) is 53.2 Å². The topological polar surface area (TPSA) is 22.6 Å². The van der Waals surface area contributed by atoms with Crippen LogP contribution >= 0.6 is 0 Å². The van der Waals surface area contributed by atoms with Gasteiger partial charge in [-0.05, 0) is 35.0 Å². The van der Waals surface area contributed by atoms with Crippen LogP contribution in [0.15, 0.2) is 60.9 Å². The van der Waals surface area contributed by atoms with E-state index in [1.165, 1.54) is 16.2 Å². The fraction of sp³-hybridized carbons (Fsp3) is 0.105. The predicted molar refractivity (Wildman–Crippen MR) is 87.7 cm³/mol. The van der Waals surface area contributed by atoms with Crippen LogP contribution in [-0.2, 0) is 0 Å². The van der Waals surface area contributed by atoms with Crippen LogP contribution in [0.2, 0.25) is 0 Å². The van der Waals surface area contributed by atoms with Gasteiger partial charge in [0.15, 0.2) is 23.9 Å². The summed E-state index contributed by atoms with van der Waals surface area (Å²) in [6.07, 6.45) is 4.22. The van der Waals surface area contributed by atoms with Crippen molar-refractivity contribution in [2.45, 2.75) is 0 Å². The molecule has 0 atom stereocenters. The Morgan fingerprint density at radius 1 is 0.783 bits per heavy atom. The van der Waals surface area contributed by atoms with Crippen molar-refractivity contribution in [3.05, 3.63) is 60.9 Å². The number of methoxy groups -OCH3 is 2. The second-order valence-corrected chi connectivity index (χ2v) is 5.30. The molecule has 0 aliphatic heterocycles. The van der Waals surface area contributed by atoms with Gasteiger partial charge in [0.2, 0.25) is 5.52 Å². The van der Waals surface area contributed by atoms with Crippen molar-refractivity contribution in [2.24, 2.45) is 0 Å². The molecular weight excluding hydrogens is 354 g/mol. The summed E-state index contributed by atoms with van der Waals surface area (Å²) >= 11 is 0. The van der Waals surface area contributed by atoms with Gasteiger partial charge in [-0.1, -0.05) is 6.07 Å². The summed E-state index contributed by atoms with van der Waals surface area (Å²) in [6, 6.07) is 16.7. The van der Waals surface area contributed by atoms with Crippen LogP contribution in [0.5, 0.6) is 11.5 Å². The molecule has 3 nitrogen and oxygen atoms in total. The normalized spacial score (nSPS) is 10.7. The van der Waals surface area contributed by atoms with E-state index in [0.717, 1.165) is 22.4 Å². The molecule has 0 bridgehead atoms. The number of hydrogen-bond donors (Lipinski definition) is 0. The van der Waals surface area contributed by atoms with Crippen LogP contribution in [-0.4, -0.2) is 14.2 Å². The van der Waals surface area contributed by atoms with Crippen LogP contribution in [0.4, 0.5) is 0 Å². The van der Waals surface area contributed by atoms with E-state index in [4.69, 9.17) is 9.47 Å². The van der Waals surface area contributed by atoms with Crippen molar-refractivity contribution >= 4 is 27.1 Å². The lowest BCUT2D eigenvalue weighted by Gasteiger charge is -2.10. The third-order valence-electron chi connectivity index (χ3n) is 4.09. The van der Waals surface area contributed by atoms with Gasteiger partial charge in [0, 0.05) is 29.0 Å². The van der Waals surface area contributed by atoms with E-state index >= 15 is 0 Å². The molecule has 4 rings (SSSR count). The van der Waals surface area contributed by atoms with Gasteiger partial charge in [-0.15, -0.1) is 0 Å². The molecule has 0 saturated carbocycles. The average Bonchev–Trinajstić information content (AvgIpc) is 2.58. The summed E-state index contributed by atoms with van der Waals surface area (Å²) < 4.78 is 13.0. The summed E-state index contributed by atoms with van der Waals surface area (Å²) in [4.78, 5) is 0. The zero-order valence-corrected chi connectivity index (χ0v) is 14.5. The number of aromatic nitrogens is 1. The molecule has 23 heavy (non-hydrogen) atoms. The Morgan fingerprint density at radius 2 is 1.48 bits per heavy atom. The molecule has 0 unspecified atom stereocenters. The molecule has 2 heterocycles. The van der Waals surface area contributed by atoms with E-state index < -0.39 is 0 Å². The van der Waals surface area contributed by atoms with Crippen molar-refractivity contribution in [3.63, 3.8) is 0 Å². The number of hydrogen-bond acceptors (Lipinski definition) is 2. The Balaban J connectivity index is 0.00000156. The van der Waals surface area contributed by atoms with E-state index in [-0.39, 0.29) is 17.0 Å². The fourth-order valence-corrected chi connectivity index (χ4v) is 2.97. The number of halogens is 1. The smallest absolute Gasteiger partial charge is 0.211 e. The highest BCUT2D eigenvalue weighted by atomic mass is 79.9. The summed E-state index contributed by atoms with van der Waals surface area (Å²) in [6.45, 7) is 0. The summed E-state index contributed by atoms with van der Waals surface area (Å²) in [5.41, 5.74) is 1.16. The zero-order chi connectivity index (χ0) is 15.1. The number of pyridine rings is 2. The first-order valence-corrected chi connectivity index (χ1v) is 7.18. The van der Waals surface area contributed by atoms with Gasteiger partial charge in [0.1, 0.15) is 0 Å². The summed E-state index contributed by atoms with van der Waals surface area (Å²) in [5.74, 6) is 1.51. The van der Waals surface area contributed by atoms with Crippen molar-refractivity contribution < 1.29 is 30.9 Å². The van der Waals surface area contributed by atoms with E-state index in [1.54, 1.807) is 14.2 Å². The van der Waals surface area contributed by atoms with Crippen molar-refractivity contribution in [2.75, 3.05) is 14.2 Å². The Morgan fingerprint density at radius 3 is 2.26 bits per heavy atom. The number of benzene rings is 2. The number of fused-ring (bicyclic) bond motifs is 4. The maximum absolute atomic E-state index is 5.45. The third kappa shape index (κ3) is 2.49. The Bertz CT molecular complexity index is 1010. The lowest BCUT2D eigenvalue weighted by molar-refractivity contribution is -0.510. The van der Waals surface area contributed by atoms with Gasteiger partial charge in [0.25, 0.3) is 0 Å². The molecule has 2 aromatic carbocycles. The van der Waals surface area contributed by atoms with E-state index in [9.17, 15) is 0 Å². The molecule has 0 N–H and O–H groups in total. The lowest BCUT2D eigenvalue weighted by atomic mass is 10.0. The minimum absolute atomic E-state index is 0. The maximum Gasteiger partial charge on any atom is 0.211 e. The van der Waals surface area contributed by atoms with Crippen molar-refractivity contribution in [1.29, 1.82) is 0 Å². The highest BCUT2D eigenvalue weighted by Gasteiger charge is 2.11. The molecule has 0 fully saturated rings. The van der Waals surface area contributed by atoms with Crippen LogP contribution in [0.25, 0.3) is 27.1 Å². The third-order valence-corrected chi connectivity index (χ3v) is 4.09. The van der Waals surface area contributed by atoms with Crippen molar-refractivity contribution in [1.82, 2.24) is 0 Å². The summed E-state index contributed by atoms with van der Waals surface area (Å²) in [5, 5.41) is 4.72. The van der Waals surface area contributed by atoms with Crippen LogP contribution in [0.1, 0.15) is 0 Å². The maximum atomic E-state index is 5.45. The summed E-state index contributed by atoms with van der Waals surface area (Å²) in [7, 11) is 3.33. The molecule has 4 aromatic rings. The number of rotatable bonds is 2. The fourth-order valence-electron chi connectivity index (χ4n) is 2.97. The molecule has 0 amide bonds. The largest absolute Gasteiger partial charge is 1.00 e. The van der Waals surface area contributed by atoms with E-state index in [0.29, 0.717) is 0 Å². The highest BCUT2D eigenvalue weighted by molar-refractivity contribution is 6.08. The van der Waals surface area contributed by atoms with Gasteiger partial charge in [-0.3, -0.25) is 0 Å². The van der Waals surface area contributed by atoms with Gasteiger partial charge < -0.3 is 26.5 Å². The monoisotopic (exact) mass is 369 g/mol. The first kappa shape index (κ1) is 15.6. The zero-order valence-electron chi connectivity index (χ0n) is 12.9. The van der Waals surface area contributed by atoms with Gasteiger partial charge in [0.05, 0.1) is 14.2 Å². The molecule has 0 saturated heterocycles. The molecule has 0 aliphatic rings. The highest BCUT2D eigenvalue weighted by Crippen LogP contribution is 2.35. The molecule has 2 aromatic heterocycles. The molecule has 116 valence electrons. The van der Waals surface area contributed by atoms with Crippen LogP contribution in [0.3, 0.4) is 0 Å². The molecule has 4 heteroatoms. The minimum Gasteiger partial charge on any atom is -1.00 e. The quantitative estimate of drug-likeness (QED) is 0.295. The average molecular weight is 370 g/mol. The molecule has 0 aliphatic carbocycles. The second-order valence-electron chi connectivity index (χ2n) is 5.30. The minimum atomic E-state index is 0. The molecule has 0 spiro atoms. The Hall–Kier alpha value is -2.33. The predicted octanol–water partition coefficient (Wildman–Crippen LogP) is 0.753. The van der Waals surface area contributed by atoms with Crippen LogP contribution in [0, 0.1) is 0 Å². The Labute approximate surface area is 144 Å². The first-order chi connectivity index (χ1) is 10.8. The lowest BCUT2D eigenvalue weighted by Crippen LogP contribution is -3.00. The SMILES string of the molecule is COc1cc2ccc3c[n+]4ccccc4cc3c2cc1OC.[Br-]. The standard InChI is InChI=1S/C19H16NO2.BrH/c1-21-18-9-13-6-7-14-12-20-8-4-3-5-15(20)10-16(14)17(13)11-19(18)22-2;/h3-12H,1-2H3;1H/q+1;/p-1. The molecular formula is C19H16BrNO2. The number of nitrogens with zero attached hydrogens (tertiary/aromatic N) is 1.